The van der Waals surface area contributed by atoms with Gasteiger partial charge in [-0.05, 0) is 30.3 Å². The summed E-state index contributed by atoms with van der Waals surface area (Å²) < 4.78 is 27.8. The summed E-state index contributed by atoms with van der Waals surface area (Å²) in [5.41, 5.74) is 1.70. The molecule has 1 amide bonds. The van der Waals surface area contributed by atoms with Crippen molar-refractivity contribution in [1.82, 2.24) is 4.31 Å². The van der Waals surface area contributed by atoms with Crippen molar-refractivity contribution in [3.8, 4) is 0 Å². The molecule has 2 aliphatic rings. The van der Waals surface area contributed by atoms with Gasteiger partial charge in [-0.3, -0.25) is 4.79 Å². The molecule has 2 aromatic rings. The lowest BCUT2D eigenvalue weighted by molar-refractivity contribution is -0.116. The van der Waals surface area contributed by atoms with Gasteiger partial charge in [0.15, 0.2) is 0 Å². The number of hydrogen-bond donors (Lipinski definition) is 1. The Labute approximate surface area is 170 Å². The third-order valence-electron chi connectivity index (χ3n) is 5.02. The molecule has 0 saturated carbocycles. The Morgan fingerprint density at radius 1 is 1.04 bits per heavy atom. The predicted octanol–water partition coefficient (Wildman–Crippen LogP) is 3.02. The smallest absolute Gasteiger partial charge is 0.243 e. The number of piperazine rings is 1. The topological polar surface area (TPSA) is 69.7 Å². The first-order valence-electron chi connectivity index (χ1n) is 9.34. The molecule has 0 aromatic heterocycles. The van der Waals surface area contributed by atoms with Crippen LogP contribution in [-0.4, -0.2) is 50.1 Å². The van der Waals surface area contributed by atoms with Crippen molar-refractivity contribution >= 4 is 39.1 Å². The monoisotopic (exact) mass is 417 g/mol. The summed E-state index contributed by atoms with van der Waals surface area (Å²) in [6.07, 6.45) is 0.420. The number of para-hydroxylation sites is 1. The summed E-state index contributed by atoms with van der Waals surface area (Å²) in [5, 5.41) is 3.01. The molecule has 4 rings (SSSR count). The number of sulfonamides is 1. The van der Waals surface area contributed by atoms with Gasteiger partial charge in [0.2, 0.25) is 15.9 Å². The number of nitrogens with one attached hydrogen (secondary N) is 1. The van der Waals surface area contributed by atoms with Gasteiger partial charge in [-0.1, -0.05) is 25.1 Å². The van der Waals surface area contributed by atoms with Crippen molar-refractivity contribution in [2.75, 3.05) is 36.4 Å². The molecular formula is C20H23N3O3S2. The standard InChI is InChI=1S/C20H23N3O3S2/c1-15-13-20(24)21-18-14-17(7-8-19(18)27-15)28(25,26)23-11-9-22(10-12-23)16-5-3-2-4-6-16/h2-8,14-15H,9-13H2,1H3,(H,21,24). The van der Waals surface area contributed by atoms with E-state index in [4.69, 9.17) is 0 Å². The second kappa shape index (κ2) is 7.77. The average molecular weight is 418 g/mol. The van der Waals surface area contributed by atoms with Crippen LogP contribution in [0.3, 0.4) is 0 Å². The maximum Gasteiger partial charge on any atom is 0.243 e. The number of hydrogen-bond acceptors (Lipinski definition) is 5. The molecule has 2 aliphatic heterocycles. The largest absolute Gasteiger partial charge is 0.369 e. The quantitative estimate of drug-likeness (QED) is 0.831. The molecule has 1 atom stereocenters. The van der Waals surface area contributed by atoms with E-state index >= 15 is 0 Å². The molecule has 0 bridgehead atoms. The molecule has 0 aliphatic carbocycles. The van der Waals surface area contributed by atoms with Crippen LogP contribution in [0.5, 0.6) is 0 Å². The lowest BCUT2D eigenvalue weighted by atomic mass is 10.2. The Balaban J connectivity index is 1.52. The zero-order valence-corrected chi connectivity index (χ0v) is 17.3. The fourth-order valence-electron chi connectivity index (χ4n) is 3.57. The van der Waals surface area contributed by atoms with Crippen molar-refractivity contribution in [2.24, 2.45) is 0 Å². The molecule has 0 spiro atoms. The van der Waals surface area contributed by atoms with Gasteiger partial charge in [-0.15, -0.1) is 11.8 Å². The first-order valence-corrected chi connectivity index (χ1v) is 11.7. The van der Waals surface area contributed by atoms with Gasteiger partial charge in [0.05, 0.1) is 10.6 Å². The molecule has 1 fully saturated rings. The highest BCUT2D eigenvalue weighted by atomic mass is 32.2. The van der Waals surface area contributed by atoms with Crippen LogP contribution >= 0.6 is 11.8 Å². The number of thioether (sulfide) groups is 1. The van der Waals surface area contributed by atoms with Crippen LogP contribution in [0.15, 0.2) is 58.3 Å². The highest BCUT2D eigenvalue weighted by molar-refractivity contribution is 8.00. The molecular weight excluding hydrogens is 394 g/mol. The van der Waals surface area contributed by atoms with Gasteiger partial charge < -0.3 is 10.2 Å². The summed E-state index contributed by atoms with van der Waals surface area (Å²) in [7, 11) is -3.60. The summed E-state index contributed by atoms with van der Waals surface area (Å²) in [4.78, 5) is 15.3. The summed E-state index contributed by atoms with van der Waals surface area (Å²) in [5.74, 6) is -0.0789. The highest BCUT2D eigenvalue weighted by Crippen LogP contribution is 2.36. The zero-order valence-electron chi connectivity index (χ0n) is 15.7. The van der Waals surface area contributed by atoms with E-state index in [1.54, 1.807) is 30.0 Å². The Hall–Kier alpha value is -2.03. The second-order valence-corrected chi connectivity index (χ2v) is 10.5. The van der Waals surface area contributed by atoms with E-state index in [1.807, 2.05) is 37.3 Å². The van der Waals surface area contributed by atoms with Crippen LogP contribution in [0.4, 0.5) is 11.4 Å². The summed E-state index contributed by atoms with van der Waals surface area (Å²) in [6, 6.07) is 15.1. The van der Waals surface area contributed by atoms with Gasteiger partial charge in [0, 0.05) is 48.4 Å². The highest BCUT2D eigenvalue weighted by Gasteiger charge is 2.30. The number of amides is 1. The van der Waals surface area contributed by atoms with Gasteiger partial charge in [0.1, 0.15) is 0 Å². The second-order valence-electron chi connectivity index (χ2n) is 7.07. The van der Waals surface area contributed by atoms with Gasteiger partial charge in [0.25, 0.3) is 0 Å². The minimum Gasteiger partial charge on any atom is -0.369 e. The minimum absolute atomic E-state index is 0.0789. The fourth-order valence-corrected chi connectivity index (χ4v) is 6.07. The van der Waals surface area contributed by atoms with E-state index in [0.717, 1.165) is 10.6 Å². The normalized spacial score (nSPS) is 21.0. The first kappa shape index (κ1) is 19.3. The number of carbonyl (C=O) groups is 1. The third kappa shape index (κ3) is 3.90. The maximum atomic E-state index is 13.1. The fraction of sp³-hybridized carbons (Fsp3) is 0.350. The molecule has 1 saturated heterocycles. The van der Waals surface area contributed by atoms with Crippen molar-refractivity contribution in [1.29, 1.82) is 0 Å². The van der Waals surface area contributed by atoms with E-state index in [0.29, 0.717) is 38.3 Å². The first-order chi connectivity index (χ1) is 13.4. The minimum atomic E-state index is -3.60. The van der Waals surface area contributed by atoms with E-state index in [2.05, 4.69) is 10.2 Å². The van der Waals surface area contributed by atoms with E-state index in [-0.39, 0.29) is 16.1 Å². The molecule has 148 valence electrons. The van der Waals surface area contributed by atoms with Gasteiger partial charge in [-0.2, -0.15) is 4.31 Å². The Morgan fingerprint density at radius 3 is 2.46 bits per heavy atom. The van der Waals surface area contributed by atoms with Crippen LogP contribution < -0.4 is 10.2 Å². The molecule has 1 N–H and O–H groups in total. The van der Waals surface area contributed by atoms with Gasteiger partial charge >= 0.3 is 0 Å². The van der Waals surface area contributed by atoms with Crippen molar-refractivity contribution < 1.29 is 13.2 Å². The van der Waals surface area contributed by atoms with Crippen molar-refractivity contribution in [2.45, 2.75) is 28.4 Å². The Kier molecular flexibility index (Phi) is 5.35. The molecule has 8 heteroatoms. The number of rotatable bonds is 3. The van der Waals surface area contributed by atoms with Crippen LogP contribution in [0.25, 0.3) is 0 Å². The number of benzene rings is 2. The number of fused-ring (bicyclic) bond motifs is 1. The number of anilines is 2. The molecule has 2 heterocycles. The van der Waals surface area contributed by atoms with Crippen LogP contribution in [-0.2, 0) is 14.8 Å². The van der Waals surface area contributed by atoms with Crippen LogP contribution in [0.1, 0.15) is 13.3 Å². The van der Waals surface area contributed by atoms with E-state index in [9.17, 15) is 13.2 Å². The Bertz CT molecular complexity index is 971. The third-order valence-corrected chi connectivity index (χ3v) is 8.10. The van der Waals surface area contributed by atoms with Gasteiger partial charge in [-0.25, -0.2) is 8.42 Å². The van der Waals surface area contributed by atoms with Crippen molar-refractivity contribution in [3.05, 3.63) is 48.5 Å². The summed E-state index contributed by atoms with van der Waals surface area (Å²) >= 11 is 1.59. The van der Waals surface area contributed by atoms with Crippen LogP contribution in [0.2, 0.25) is 0 Å². The van der Waals surface area contributed by atoms with Crippen molar-refractivity contribution in [3.63, 3.8) is 0 Å². The molecule has 1 unspecified atom stereocenters. The van der Waals surface area contributed by atoms with E-state index < -0.39 is 10.0 Å². The molecule has 6 nitrogen and oxygen atoms in total. The predicted molar refractivity (Wildman–Crippen MR) is 112 cm³/mol. The van der Waals surface area contributed by atoms with Crippen LogP contribution in [0, 0.1) is 0 Å². The number of carbonyl (C=O) groups excluding carboxylic acids is 1. The average Bonchev–Trinajstić information content (AvgIpc) is 2.84. The Morgan fingerprint density at radius 2 is 1.75 bits per heavy atom. The SMILES string of the molecule is CC1CC(=O)Nc2cc(S(=O)(=O)N3CCN(c4ccccc4)CC3)ccc2S1. The lowest BCUT2D eigenvalue weighted by Gasteiger charge is -2.35. The van der Waals surface area contributed by atoms with E-state index in [1.165, 1.54) is 4.31 Å². The zero-order chi connectivity index (χ0) is 19.7. The summed E-state index contributed by atoms with van der Waals surface area (Å²) in [6.45, 7) is 4.17. The molecule has 2 aromatic carbocycles. The lowest BCUT2D eigenvalue weighted by Crippen LogP contribution is -2.48. The molecule has 0 radical (unpaired) electrons. The molecule has 28 heavy (non-hydrogen) atoms. The maximum absolute atomic E-state index is 13.1. The number of nitrogens with zero attached hydrogens (tertiary/aromatic N) is 2.